The van der Waals surface area contributed by atoms with Crippen LogP contribution in [0.5, 0.6) is 0 Å². The van der Waals surface area contributed by atoms with Crippen molar-refractivity contribution in [1.82, 2.24) is 14.9 Å². The standard InChI is InChI=1S/C12H20ClN5O2/c1-8-9(18(19)20)10(16-11(13)15-8)14-6-12(2,3)7-17(4)5/h6-7H2,1-5H3,(H,14,15,16). The van der Waals surface area contributed by atoms with Crippen LogP contribution in [0.15, 0.2) is 0 Å². The molecule has 0 radical (unpaired) electrons. The van der Waals surface area contributed by atoms with Gasteiger partial charge in [-0.25, -0.2) is 4.98 Å². The monoisotopic (exact) mass is 301 g/mol. The molecule has 8 heteroatoms. The van der Waals surface area contributed by atoms with Gasteiger partial charge in [-0.1, -0.05) is 13.8 Å². The van der Waals surface area contributed by atoms with Gasteiger partial charge in [0.2, 0.25) is 11.1 Å². The Kier molecular flexibility index (Phi) is 5.24. The summed E-state index contributed by atoms with van der Waals surface area (Å²) in [6.07, 6.45) is 0. The Morgan fingerprint density at radius 3 is 2.50 bits per heavy atom. The Morgan fingerprint density at radius 2 is 2.00 bits per heavy atom. The molecule has 0 atom stereocenters. The maximum absolute atomic E-state index is 11.1. The van der Waals surface area contributed by atoms with Gasteiger partial charge in [0.15, 0.2) is 0 Å². The second-order valence-electron chi connectivity index (χ2n) is 5.79. The van der Waals surface area contributed by atoms with Crippen LogP contribution in [-0.2, 0) is 0 Å². The lowest BCUT2D eigenvalue weighted by Gasteiger charge is -2.28. The van der Waals surface area contributed by atoms with Gasteiger partial charge in [-0.15, -0.1) is 0 Å². The third-order valence-corrected chi connectivity index (χ3v) is 2.86. The van der Waals surface area contributed by atoms with Crippen molar-refractivity contribution in [1.29, 1.82) is 0 Å². The van der Waals surface area contributed by atoms with Gasteiger partial charge in [-0.05, 0) is 38.0 Å². The van der Waals surface area contributed by atoms with Crippen LogP contribution in [0.2, 0.25) is 5.28 Å². The van der Waals surface area contributed by atoms with Crippen molar-refractivity contribution in [3.63, 3.8) is 0 Å². The molecule has 1 N–H and O–H groups in total. The molecular weight excluding hydrogens is 282 g/mol. The smallest absolute Gasteiger partial charge is 0.332 e. The number of nitrogens with zero attached hydrogens (tertiary/aromatic N) is 4. The van der Waals surface area contributed by atoms with Gasteiger partial charge in [0.1, 0.15) is 5.69 Å². The first-order valence-electron chi connectivity index (χ1n) is 6.19. The minimum atomic E-state index is -0.493. The van der Waals surface area contributed by atoms with Crippen LogP contribution >= 0.6 is 11.6 Å². The van der Waals surface area contributed by atoms with Crippen LogP contribution in [0.3, 0.4) is 0 Å². The lowest BCUT2D eigenvalue weighted by molar-refractivity contribution is -0.385. The van der Waals surface area contributed by atoms with Gasteiger partial charge >= 0.3 is 5.69 Å². The number of aryl methyl sites for hydroxylation is 1. The summed E-state index contributed by atoms with van der Waals surface area (Å²) >= 11 is 5.77. The third-order valence-electron chi connectivity index (χ3n) is 2.69. The Balaban J connectivity index is 2.95. The number of anilines is 1. The molecule has 0 amide bonds. The average molecular weight is 302 g/mol. The molecule has 0 aliphatic carbocycles. The first-order chi connectivity index (χ1) is 9.12. The van der Waals surface area contributed by atoms with Crippen molar-refractivity contribution in [3.05, 3.63) is 21.1 Å². The van der Waals surface area contributed by atoms with E-state index in [0.29, 0.717) is 6.54 Å². The van der Waals surface area contributed by atoms with E-state index in [0.717, 1.165) is 6.54 Å². The maximum atomic E-state index is 11.1. The van der Waals surface area contributed by atoms with Gasteiger partial charge in [0.25, 0.3) is 0 Å². The largest absolute Gasteiger partial charge is 0.364 e. The Bertz CT molecular complexity index is 505. The van der Waals surface area contributed by atoms with Crippen molar-refractivity contribution >= 4 is 23.1 Å². The molecule has 0 saturated carbocycles. The summed E-state index contributed by atoms with van der Waals surface area (Å²) in [7, 11) is 3.96. The molecule has 112 valence electrons. The van der Waals surface area contributed by atoms with Crippen LogP contribution < -0.4 is 5.32 Å². The van der Waals surface area contributed by atoms with E-state index < -0.39 is 4.92 Å². The SMILES string of the molecule is Cc1nc(Cl)nc(NCC(C)(C)CN(C)C)c1[N+](=O)[O-]. The van der Waals surface area contributed by atoms with Gasteiger partial charge in [0.05, 0.1) is 4.92 Å². The zero-order valence-corrected chi connectivity index (χ0v) is 13.2. The molecule has 0 saturated heterocycles. The lowest BCUT2D eigenvalue weighted by Crippen LogP contribution is -2.34. The highest BCUT2D eigenvalue weighted by Gasteiger charge is 2.25. The molecule has 1 rings (SSSR count). The number of rotatable bonds is 6. The average Bonchev–Trinajstić information content (AvgIpc) is 2.22. The molecule has 1 aromatic rings. The van der Waals surface area contributed by atoms with Gasteiger partial charge in [0, 0.05) is 13.1 Å². The summed E-state index contributed by atoms with van der Waals surface area (Å²) in [4.78, 5) is 20.4. The van der Waals surface area contributed by atoms with Crippen LogP contribution in [-0.4, -0.2) is 47.0 Å². The van der Waals surface area contributed by atoms with Crippen molar-refractivity contribution in [2.24, 2.45) is 5.41 Å². The molecular formula is C12H20ClN5O2. The third kappa shape index (κ3) is 4.57. The summed E-state index contributed by atoms with van der Waals surface area (Å²) in [6.45, 7) is 7.06. The number of aromatic nitrogens is 2. The lowest BCUT2D eigenvalue weighted by atomic mass is 9.93. The molecule has 0 unspecified atom stereocenters. The zero-order valence-electron chi connectivity index (χ0n) is 12.4. The van der Waals surface area contributed by atoms with E-state index in [-0.39, 0.29) is 27.9 Å². The second-order valence-corrected chi connectivity index (χ2v) is 6.13. The van der Waals surface area contributed by atoms with Crippen LogP contribution in [0, 0.1) is 22.5 Å². The second kappa shape index (κ2) is 6.32. The number of hydrogen-bond acceptors (Lipinski definition) is 6. The fraction of sp³-hybridized carbons (Fsp3) is 0.667. The molecule has 0 aliphatic rings. The fourth-order valence-corrected chi connectivity index (χ4v) is 2.32. The molecule has 7 nitrogen and oxygen atoms in total. The molecule has 0 bridgehead atoms. The normalized spacial score (nSPS) is 11.8. The molecule has 0 aliphatic heterocycles. The van der Waals surface area contributed by atoms with E-state index >= 15 is 0 Å². The predicted molar refractivity (Wildman–Crippen MR) is 79.3 cm³/mol. The summed E-state index contributed by atoms with van der Waals surface area (Å²) < 4.78 is 0. The highest BCUT2D eigenvalue weighted by molar-refractivity contribution is 6.28. The maximum Gasteiger partial charge on any atom is 0.332 e. The molecule has 0 fully saturated rings. The van der Waals surface area contributed by atoms with Gasteiger partial charge in [-0.3, -0.25) is 10.1 Å². The van der Waals surface area contributed by atoms with Crippen LogP contribution in [0.4, 0.5) is 11.5 Å². The van der Waals surface area contributed by atoms with E-state index in [4.69, 9.17) is 11.6 Å². The van der Waals surface area contributed by atoms with Crippen molar-refractivity contribution in [2.75, 3.05) is 32.5 Å². The summed E-state index contributed by atoms with van der Waals surface area (Å²) in [5.41, 5.74) is 0.0564. The molecule has 0 aromatic carbocycles. The minimum Gasteiger partial charge on any atom is -0.364 e. The first kappa shape index (κ1) is 16.6. The summed E-state index contributed by atoms with van der Waals surface area (Å²) in [5, 5.41) is 14.1. The number of hydrogen-bond donors (Lipinski definition) is 1. The summed E-state index contributed by atoms with van der Waals surface area (Å²) in [6, 6.07) is 0. The van der Waals surface area contributed by atoms with E-state index in [9.17, 15) is 10.1 Å². The number of nitrogens with one attached hydrogen (secondary N) is 1. The van der Waals surface area contributed by atoms with Crippen LogP contribution in [0.1, 0.15) is 19.5 Å². The fourth-order valence-electron chi connectivity index (χ4n) is 2.11. The Morgan fingerprint density at radius 1 is 1.40 bits per heavy atom. The Hall–Kier alpha value is -1.47. The number of halogens is 1. The van der Waals surface area contributed by atoms with Gasteiger partial charge < -0.3 is 10.2 Å². The van der Waals surface area contributed by atoms with Crippen molar-refractivity contribution in [3.8, 4) is 0 Å². The topological polar surface area (TPSA) is 84.2 Å². The molecule has 0 spiro atoms. The van der Waals surface area contributed by atoms with E-state index in [1.165, 1.54) is 0 Å². The highest BCUT2D eigenvalue weighted by Crippen LogP contribution is 2.27. The molecule has 1 heterocycles. The predicted octanol–water partition coefficient (Wildman–Crippen LogP) is 2.35. The van der Waals surface area contributed by atoms with Crippen LogP contribution in [0.25, 0.3) is 0 Å². The van der Waals surface area contributed by atoms with E-state index in [1.807, 2.05) is 14.1 Å². The van der Waals surface area contributed by atoms with E-state index in [2.05, 4.69) is 34.0 Å². The van der Waals surface area contributed by atoms with Crippen molar-refractivity contribution in [2.45, 2.75) is 20.8 Å². The van der Waals surface area contributed by atoms with E-state index in [1.54, 1.807) is 6.92 Å². The Labute approximate surface area is 123 Å². The molecule has 1 aromatic heterocycles. The minimum absolute atomic E-state index is 0.000940. The zero-order chi connectivity index (χ0) is 15.5. The first-order valence-corrected chi connectivity index (χ1v) is 6.57. The van der Waals surface area contributed by atoms with Crippen molar-refractivity contribution < 1.29 is 4.92 Å². The highest BCUT2D eigenvalue weighted by atomic mass is 35.5. The molecule has 20 heavy (non-hydrogen) atoms. The van der Waals surface area contributed by atoms with Gasteiger partial charge in [-0.2, -0.15) is 4.98 Å². The quantitative estimate of drug-likeness (QED) is 0.493. The number of nitro groups is 1. The summed E-state index contributed by atoms with van der Waals surface area (Å²) in [5.74, 6) is 0.166.